The van der Waals surface area contributed by atoms with Gasteiger partial charge in [0, 0.05) is 56.9 Å². The molecule has 29 heavy (non-hydrogen) atoms. The van der Waals surface area contributed by atoms with E-state index >= 15 is 0 Å². The van der Waals surface area contributed by atoms with Gasteiger partial charge in [-0.1, -0.05) is 18.2 Å². The number of benzene rings is 1. The molecule has 1 amide bonds. The van der Waals surface area contributed by atoms with Crippen molar-refractivity contribution in [2.75, 3.05) is 39.4 Å². The van der Waals surface area contributed by atoms with Crippen LogP contribution in [0.15, 0.2) is 30.3 Å². The van der Waals surface area contributed by atoms with Crippen molar-refractivity contribution < 1.29 is 14.3 Å². The van der Waals surface area contributed by atoms with Gasteiger partial charge in [-0.25, -0.2) is 0 Å². The maximum Gasteiger partial charge on any atom is 0.260 e. The molecule has 1 aromatic carbocycles. The number of aryl methyl sites for hydroxylation is 1. The van der Waals surface area contributed by atoms with Crippen LogP contribution in [0.3, 0.4) is 0 Å². The summed E-state index contributed by atoms with van der Waals surface area (Å²) in [5.41, 5.74) is 3.73. The lowest BCUT2D eigenvalue weighted by Crippen LogP contribution is -2.38. The molecule has 7 heteroatoms. The Morgan fingerprint density at radius 3 is 2.86 bits per heavy atom. The van der Waals surface area contributed by atoms with E-state index in [0.29, 0.717) is 6.61 Å². The van der Waals surface area contributed by atoms with Gasteiger partial charge in [-0.15, -0.1) is 0 Å². The van der Waals surface area contributed by atoms with Gasteiger partial charge in [-0.2, -0.15) is 5.10 Å². The number of nitrogens with zero attached hydrogens (tertiary/aromatic N) is 4. The van der Waals surface area contributed by atoms with Gasteiger partial charge in [-0.05, 0) is 25.5 Å². The molecule has 0 N–H and O–H groups in total. The minimum atomic E-state index is 0.0525. The molecule has 0 spiro atoms. The molecule has 2 aliphatic heterocycles. The number of carbonyl (C=O) groups excluding carboxylic acids is 1. The summed E-state index contributed by atoms with van der Waals surface area (Å²) in [6, 6.07) is 9.50. The van der Waals surface area contributed by atoms with Crippen molar-refractivity contribution in [3.63, 3.8) is 0 Å². The fourth-order valence-corrected chi connectivity index (χ4v) is 4.11. The first-order valence-electron chi connectivity index (χ1n) is 10.6. The molecule has 0 atom stereocenters. The van der Waals surface area contributed by atoms with Crippen LogP contribution < -0.4 is 4.74 Å². The first kappa shape index (κ1) is 19.9. The Morgan fingerprint density at radius 1 is 1.17 bits per heavy atom. The number of para-hydroxylation sites is 1. The first-order valence-corrected chi connectivity index (χ1v) is 10.6. The highest BCUT2D eigenvalue weighted by molar-refractivity contribution is 5.77. The maximum atomic E-state index is 12.6. The standard InChI is InChI=1S/C22H30N4O3/c1-2-26-21-9-14-28-16-19(21)20(23-26)15-24-10-6-11-25(13-12-24)22(27)17-29-18-7-4-3-5-8-18/h3-5,7-8H,2,6,9-17H2,1H3. The summed E-state index contributed by atoms with van der Waals surface area (Å²) >= 11 is 0. The van der Waals surface area contributed by atoms with E-state index in [1.807, 2.05) is 35.2 Å². The Morgan fingerprint density at radius 2 is 2.03 bits per heavy atom. The lowest BCUT2D eigenvalue weighted by Gasteiger charge is -2.22. The second-order valence-electron chi connectivity index (χ2n) is 7.60. The van der Waals surface area contributed by atoms with E-state index < -0.39 is 0 Å². The molecule has 2 aliphatic rings. The van der Waals surface area contributed by atoms with E-state index in [4.69, 9.17) is 14.6 Å². The Hall–Kier alpha value is -2.38. The molecule has 0 bridgehead atoms. The molecule has 1 aromatic heterocycles. The van der Waals surface area contributed by atoms with Gasteiger partial charge in [0.15, 0.2) is 6.61 Å². The van der Waals surface area contributed by atoms with Crippen molar-refractivity contribution in [3.8, 4) is 5.75 Å². The lowest BCUT2D eigenvalue weighted by atomic mass is 10.1. The van der Waals surface area contributed by atoms with Crippen LogP contribution in [0.2, 0.25) is 0 Å². The van der Waals surface area contributed by atoms with Crippen molar-refractivity contribution in [2.24, 2.45) is 0 Å². The number of fused-ring (bicyclic) bond motifs is 1. The summed E-state index contributed by atoms with van der Waals surface area (Å²) in [6.07, 6.45) is 1.91. The van der Waals surface area contributed by atoms with Crippen molar-refractivity contribution in [1.82, 2.24) is 19.6 Å². The number of hydrogen-bond donors (Lipinski definition) is 0. The zero-order valence-corrected chi connectivity index (χ0v) is 17.2. The molecular formula is C22H30N4O3. The minimum Gasteiger partial charge on any atom is -0.484 e. The quantitative estimate of drug-likeness (QED) is 0.746. The fraction of sp³-hybridized carbons (Fsp3) is 0.545. The van der Waals surface area contributed by atoms with Crippen LogP contribution in [0.5, 0.6) is 5.75 Å². The van der Waals surface area contributed by atoms with Gasteiger partial charge < -0.3 is 14.4 Å². The van der Waals surface area contributed by atoms with E-state index in [1.54, 1.807) is 0 Å². The Bertz CT molecular complexity index is 821. The predicted octanol–water partition coefficient (Wildman–Crippen LogP) is 2.09. The van der Waals surface area contributed by atoms with Gasteiger partial charge in [0.25, 0.3) is 5.91 Å². The van der Waals surface area contributed by atoms with Crippen LogP contribution in [-0.2, 0) is 35.6 Å². The normalized spacial score (nSPS) is 17.6. The third-order valence-electron chi connectivity index (χ3n) is 5.70. The number of aromatic nitrogens is 2. The van der Waals surface area contributed by atoms with Crippen molar-refractivity contribution in [3.05, 3.63) is 47.3 Å². The van der Waals surface area contributed by atoms with Crippen molar-refractivity contribution >= 4 is 5.91 Å². The largest absolute Gasteiger partial charge is 0.484 e. The molecule has 3 heterocycles. The third-order valence-corrected chi connectivity index (χ3v) is 5.70. The summed E-state index contributed by atoms with van der Waals surface area (Å²) < 4.78 is 13.4. The topological polar surface area (TPSA) is 59.8 Å². The second kappa shape index (κ2) is 9.41. The van der Waals surface area contributed by atoms with Gasteiger partial charge in [0.1, 0.15) is 5.75 Å². The molecule has 0 radical (unpaired) electrons. The second-order valence-corrected chi connectivity index (χ2v) is 7.60. The number of ether oxygens (including phenoxy) is 2. The van der Waals surface area contributed by atoms with Gasteiger partial charge in [-0.3, -0.25) is 14.4 Å². The van der Waals surface area contributed by atoms with Gasteiger partial charge in [0.2, 0.25) is 0 Å². The zero-order valence-electron chi connectivity index (χ0n) is 17.2. The Balaban J connectivity index is 1.32. The zero-order chi connectivity index (χ0) is 20.1. The Kier molecular flexibility index (Phi) is 6.46. The predicted molar refractivity (Wildman–Crippen MR) is 110 cm³/mol. The summed E-state index contributed by atoms with van der Waals surface area (Å²) in [5.74, 6) is 0.785. The number of carbonyl (C=O) groups is 1. The molecule has 0 aliphatic carbocycles. The van der Waals surface area contributed by atoms with E-state index in [-0.39, 0.29) is 12.5 Å². The molecule has 2 aromatic rings. The Labute approximate surface area is 172 Å². The van der Waals surface area contributed by atoms with Crippen molar-refractivity contribution in [2.45, 2.75) is 39.5 Å². The van der Waals surface area contributed by atoms with E-state index in [0.717, 1.165) is 70.2 Å². The minimum absolute atomic E-state index is 0.0525. The maximum absolute atomic E-state index is 12.6. The number of hydrogen-bond acceptors (Lipinski definition) is 5. The molecule has 1 saturated heterocycles. The van der Waals surface area contributed by atoms with Gasteiger partial charge in [0.05, 0.1) is 18.9 Å². The highest BCUT2D eigenvalue weighted by Gasteiger charge is 2.24. The SMILES string of the molecule is CCn1nc(CN2CCCN(C(=O)COc3ccccc3)CC2)c2c1CCOC2. The van der Waals surface area contributed by atoms with E-state index in [9.17, 15) is 4.79 Å². The summed E-state index contributed by atoms with van der Waals surface area (Å²) in [4.78, 5) is 16.9. The van der Waals surface area contributed by atoms with Crippen LogP contribution in [0.4, 0.5) is 0 Å². The average Bonchev–Trinajstić information content (AvgIpc) is 2.94. The van der Waals surface area contributed by atoms with E-state index in [1.165, 1.54) is 11.3 Å². The number of amides is 1. The molecule has 1 fully saturated rings. The molecule has 7 nitrogen and oxygen atoms in total. The summed E-state index contributed by atoms with van der Waals surface area (Å²) in [5, 5.41) is 4.85. The summed E-state index contributed by atoms with van der Waals surface area (Å²) in [6.45, 7) is 8.72. The average molecular weight is 399 g/mol. The molecule has 4 rings (SSSR count). The summed E-state index contributed by atoms with van der Waals surface area (Å²) in [7, 11) is 0. The van der Waals surface area contributed by atoms with Crippen LogP contribution >= 0.6 is 0 Å². The highest BCUT2D eigenvalue weighted by atomic mass is 16.5. The fourth-order valence-electron chi connectivity index (χ4n) is 4.11. The van der Waals surface area contributed by atoms with Crippen molar-refractivity contribution in [1.29, 1.82) is 0 Å². The van der Waals surface area contributed by atoms with E-state index in [2.05, 4.69) is 16.5 Å². The van der Waals surface area contributed by atoms with Crippen LogP contribution in [0.1, 0.15) is 30.3 Å². The van der Waals surface area contributed by atoms with Crippen LogP contribution in [0, 0.1) is 0 Å². The molecular weight excluding hydrogens is 368 g/mol. The monoisotopic (exact) mass is 398 g/mol. The number of rotatable bonds is 6. The van der Waals surface area contributed by atoms with Crippen LogP contribution in [0.25, 0.3) is 0 Å². The first-order chi connectivity index (χ1) is 14.2. The third kappa shape index (κ3) is 4.79. The smallest absolute Gasteiger partial charge is 0.260 e. The van der Waals surface area contributed by atoms with Crippen LogP contribution in [-0.4, -0.2) is 64.9 Å². The van der Waals surface area contributed by atoms with Gasteiger partial charge >= 0.3 is 0 Å². The molecule has 156 valence electrons. The lowest BCUT2D eigenvalue weighted by molar-refractivity contribution is -0.133. The highest BCUT2D eigenvalue weighted by Crippen LogP contribution is 2.22. The molecule has 0 unspecified atom stereocenters. The molecule has 0 saturated carbocycles.